The molecule has 1 aromatic rings. The Labute approximate surface area is 109 Å². The second-order valence-electron chi connectivity index (χ2n) is 5.42. The summed E-state index contributed by atoms with van der Waals surface area (Å²) in [4.78, 5) is 2.43. The highest BCUT2D eigenvalue weighted by molar-refractivity contribution is 5.55. The van der Waals surface area contributed by atoms with Gasteiger partial charge in [0.2, 0.25) is 0 Å². The second-order valence-corrected chi connectivity index (χ2v) is 5.42. The van der Waals surface area contributed by atoms with Gasteiger partial charge in [0.1, 0.15) is 0 Å². The van der Waals surface area contributed by atoms with E-state index in [0.717, 1.165) is 32.5 Å². The summed E-state index contributed by atoms with van der Waals surface area (Å²) in [5, 5.41) is 13.7. The third-order valence-electron chi connectivity index (χ3n) is 4.24. The summed E-state index contributed by atoms with van der Waals surface area (Å²) in [5.41, 5.74) is 2.67. The van der Waals surface area contributed by atoms with Crippen LogP contribution in [0.4, 0.5) is 5.69 Å². The first-order valence-electron chi connectivity index (χ1n) is 7.09. The molecule has 3 nitrogen and oxygen atoms in total. The fraction of sp³-hybridized carbons (Fsp3) is 0.600. The minimum absolute atomic E-state index is 0.162. The summed E-state index contributed by atoms with van der Waals surface area (Å²) < 4.78 is 0. The van der Waals surface area contributed by atoms with Crippen molar-refractivity contribution in [3.63, 3.8) is 0 Å². The van der Waals surface area contributed by atoms with Crippen LogP contribution in [0.5, 0.6) is 0 Å². The van der Waals surface area contributed by atoms with Crippen LogP contribution in [0.1, 0.15) is 31.2 Å². The number of aliphatic hydroxyl groups excluding tert-OH is 1. The van der Waals surface area contributed by atoms with Crippen LogP contribution < -0.4 is 10.2 Å². The molecule has 1 aromatic carbocycles. The van der Waals surface area contributed by atoms with Crippen molar-refractivity contribution in [2.24, 2.45) is 0 Å². The van der Waals surface area contributed by atoms with Gasteiger partial charge in [-0.15, -0.1) is 0 Å². The van der Waals surface area contributed by atoms with Gasteiger partial charge in [0, 0.05) is 25.3 Å². The van der Waals surface area contributed by atoms with Crippen molar-refractivity contribution in [1.82, 2.24) is 5.32 Å². The topological polar surface area (TPSA) is 35.5 Å². The zero-order chi connectivity index (χ0) is 12.4. The van der Waals surface area contributed by atoms with Gasteiger partial charge >= 0.3 is 0 Å². The van der Waals surface area contributed by atoms with Crippen molar-refractivity contribution in [1.29, 1.82) is 0 Å². The van der Waals surface area contributed by atoms with Gasteiger partial charge in [-0.25, -0.2) is 0 Å². The van der Waals surface area contributed by atoms with Crippen molar-refractivity contribution in [2.45, 2.75) is 44.4 Å². The van der Waals surface area contributed by atoms with Crippen molar-refractivity contribution in [3.05, 3.63) is 29.8 Å². The van der Waals surface area contributed by atoms with Crippen molar-refractivity contribution < 1.29 is 5.11 Å². The van der Waals surface area contributed by atoms with Crippen LogP contribution in [0.2, 0.25) is 0 Å². The molecule has 2 N–H and O–H groups in total. The van der Waals surface area contributed by atoms with E-state index in [-0.39, 0.29) is 6.10 Å². The normalized spacial score (nSPS) is 28.6. The summed E-state index contributed by atoms with van der Waals surface area (Å²) >= 11 is 0. The lowest BCUT2D eigenvalue weighted by molar-refractivity contribution is 0.104. The third kappa shape index (κ3) is 2.25. The summed E-state index contributed by atoms with van der Waals surface area (Å²) in [7, 11) is 0. The first-order chi connectivity index (χ1) is 8.86. The van der Waals surface area contributed by atoms with Gasteiger partial charge in [0.05, 0.1) is 12.1 Å². The van der Waals surface area contributed by atoms with Crippen LogP contribution >= 0.6 is 0 Å². The van der Waals surface area contributed by atoms with E-state index in [9.17, 15) is 5.11 Å². The maximum Gasteiger partial charge on any atom is 0.0743 e. The van der Waals surface area contributed by atoms with Gasteiger partial charge in [-0.3, -0.25) is 0 Å². The Morgan fingerprint density at radius 3 is 2.89 bits per heavy atom. The van der Waals surface area contributed by atoms with E-state index in [4.69, 9.17) is 0 Å². The molecular weight excluding hydrogens is 224 g/mol. The second kappa shape index (κ2) is 5.29. The van der Waals surface area contributed by atoms with Crippen LogP contribution in [0, 0.1) is 0 Å². The number of hydrogen-bond donors (Lipinski definition) is 2. The molecule has 2 atom stereocenters. The predicted octanol–water partition coefficient (Wildman–Crippen LogP) is 1.90. The Bertz CT molecular complexity index is 407. The molecule has 0 aromatic heterocycles. The highest BCUT2D eigenvalue weighted by atomic mass is 16.3. The minimum atomic E-state index is -0.162. The first kappa shape index (κ1) is 12.0. The standard InChI is InChI=1S/C15H22N2O/c18-15-8-4-3-7-14(15)17-10-9-16-11-12-5-1-2-6-13(12)17/h1-2,5-6,14-16,18H,3-4,7-11H2. The Morgan fingerprint density at radius 2 is 2.00 bits per heavy atom. The first-order valence-corrected chi connectivity index (χ1v) is 7.09. The zero-order valence-corrected chi connectivity index (χ0v) is 10.8. The highest BCUT2D eigenvalue weighted by Crippen LogP contribution is 2.30. The van der Waals surface area contributed by atoms with Crippen LogP contribution in [0.3, 0.4) is 0 Å². The number of nitrogens with one attached hydrogen (secondary N) is 1. The van der Waals surface area contributed by atoms with Crippen molar-refractivity contribution >= 4 is 5.69 Å². The molecule has 0 spiro atoms. The van der Waals surface area contributed by atoms with Gasteiger partial charge in [-0.05, 0) is 24.5 Å². The molecule has 0 saturated heterocycles. The average molecular weight is 246 g/mol. The molecule has 1 aliphatic carbocycles. The van der Waals surface area contributed by atoms with Crippen LogP contribution in [0.15, 0.2) is 24.3 Å². The summed E-state index contributed by atoms with van der Waals surface area (Å²) in [6.07, 6.45) is 4.33. The fourth-order valence-electron chi connectivity index (χ4n) is 3.28. The lowest BCUT2D eigenvalue weighted by Crippen LogP contribution is -2.47. The zero-order valence-electron chi connectivity index (χ0n) is 10.8. The number of anilines is 1. The van der Waals surface area contributed by atoms with Crippen LogP contribution in [0.25, 0.3) is 0 Å². The van der Waals surface area contributed by atoms with E-state index in [1.807, 2.05) is 0 Å². The van der Waals surface area contributed by atoms with Gasteiger partial charge in [0.25, 0.3) is 0 Å². The quantitative estimate of drug-likeness (QED) is 0.794. The largest absolute Gasteiger partial charge is 0.391 e. The van der Waals surface area contributed by atoms with E-state index in [2.05, 4.69) is 34.5 Å². The molecule has 3 heteroatoms. The maximum atomic E-state index is 10.3. The average Bonchev–Trinajstić information content (AvgIpc) is 2.62. The smallest absolute Gasteiger partial charge is 0.0743 e. The van der Waals surface area contributed by atoms with Crippen molar-refractivity contribution in [2.75, 3.05) is 18.0 Å². The summed E-state index contributed by atoms with van der Waals surface area (Å²) in [5.74, 6) is 0. The monoisotopic (exact) mass is 246 g/mol. The molecule has 1 heterocycles. The molecular formula is C15H22N2O. The Kier molecular flexibility index (Phi) is 3.52. The number of para-hydroxylation sites is 1. The molecule has 2 unspecified atom stereocenters. The molecule has 0 radical (unpaired) electrons. The van der Waals surface area contributed by atoms with Crippen molar-refractivity contribution in [3.8, 4) is 0 Å². The van der Waals surface area contributed by atoms with E-state index < -0.39 is 0 Å². The van der Waals surface area contributed by atoms with E-state index >= 15 is 0 Å². The minimum Gasteiger partial charge on any atom is -0.391 e. The molecule has 18 heavy (non-hydrogen) atoms. The SMILES string of the molecule is OC1CCCCC1N1CCNCc2ccccc21. The van der Waals surface area contributed by atoms with E-state index in [1.54, 1.807) is 0 Å². The number of aliphatic hydroxyl groups is 1. The molecule has 0 bridgehead atoms. The molecule has 1 saturated carbocycles. The maximum absolute atomic E-state index is 10.3. The highest BCUT2D eigenvalue weighted by Gasteiger charge is 2.30. The molecule has 98 valence electrons. The summed E-state index contributed by atoms with van der Waals surface area (Å²) in [6, 6.07) is 8.90. The Balaban J connectivity index is 1.91. The molecule has 1 fully saturated rings. The Morgan fingerprint density at radius 1 is 1.17 bits per heavy atom. The third-order valence-corrected chi connectivity index (χ3v) is 4.24. The van der Waals surface area contributed by atoms with E-state index in [0.29, 0.717) is 6.04 Å². The van der Waals surface area contributed by atoms with Gasteiger partial charge in [-0.1, -0.05) is 31.0 Å². The number of hydrogen-bond acceptors (Lipinski definition) is 3. The molecule has 3 rings (SSSR count). The lowest BCUT2D eigenvalue weighted by atomic mass is 9.90. The number of rotatable bonds is 1. The predicted molar refractivity (Wildman–Crippen MR) is 73.8 cm³/mol. The molecule has 1 aliphatic heterocycles. The number of fused-ring (bicyclic) bond motifs is 1. The molecule has 0 amide bonds. The van der Waals surface area contributed by atoms with Crippen LogP contribution in [-0.4, -0.2) is 30.3 Å². The van der Waals surface area contributed by atoms with Crippen LogP contribution in [-0.2, 0) is 6.54 Å². The molecule has 2 aliphatic rings. The fourth-order valence-corrected chi connectivity index (χ4v) is 3.28. The van der Waals surface area contributed by atoms with Gasteiger partial charge in [-0.2, -0.15) is 0 Å². The van der Waals surface area contributed by atoms with Gasteiger partial charge in [0.15, 0.2) is 0 Å². The number of nitrogens with zero attached hydrogens (tertiary/aromatic N) is 1. The number of benzene rings is 1. The Hall–Kier alpha value is -1.06. The lowest BCUT2D eigenvalue weighted by Gasteiger charge is -2.39. The van der Waals surface area contributed by atoms with Gasteiger partial charge < -0.3 is 15.3 Å². The van der Waals surface area contributed by atoms with E-state index in [1.165, 1.54) is 24.1 Å². The summed E-state index contributed by atoms with van der Waals surface area (Å²) in [6.45, 7) is 2.94.